The van der Waals surface area contributed by atoms with E-state index in [1.807, 2.05) is 32.0 Å². The van der Waals surface area contributed by atoms with Crippen LogP contribution in [0, 0.1) is 0 Å². The number of para-hydroxylation sites is 1. The highest BCUT2D eigenvalue weighted by Gasteiger charge is 2.33. The summed E-state index contributed by atoms with van der Waals surface area (Å²) >= 11 is 1.07. The molecule has 0 spiro atoms. The van der Waals surface area contributed by atoms with Crippen molar-refractivity contribution in [1.82, 2.24) is 4.67 Å². The van der Waals surface area contributed by atoms with Gasteiger partial charge in [0.25, 0.3) is 0 Å². The van der Waals surface area contributed by atoms with Crippen LogP contribution in [0.2, 0.25) is 0 Å². The molecule has 23 heavy (non-hydrogen) atoms. The molecule has 0 aromatic heterocycles. The minimum Gasteiger partial charge on any atom is -0.463 e. The summed E-state index contributed by atoms with van der Waals surface area (Å²) in [5.41, 5.74) is 0. The lowest BCUT2D eigenvalue weighted by atomic mass is 10.3. The maximum atomic E-state index is 13.4. The predicted octanol–water partition coefficient (Wildman–Crippen LogP) is 4.72. The van der Waals surface area contributed by atoms with Gasteiger partial charge in [0.15, 0.2) is 0 Å². The molecule has 0 fully saturated rings. The molecule has 1 unspecified atom stereocenters. The second-order valence-corrected chi connectivity index (χ2v) is 9.05. The van der Waals surface area contributed by atoms with Crippen LogP contribution in [-0.2, 0) is 14.1 Å². The van der Waals surface area contributed by atoms with E-state index in [2.05, 4.69) is 0 Å². The molecule has 1 aromatic rings. The van der Waals surface area contributed by atoms with Crippen molar-refractivity contribution in [3.8, 4) is 5.75 Å². The van der Waals surface area contributed by atoms with Crippen LogP contribution in [0.25, 0.3) is 0 Å². The van der Waals surface area contributed by atoms with Crippen molar-refractivity contribution < 1.29 is 18.6 Å². The zero-order chi connectivity index (χ0) is 17.3. The highest BCUT2D eigenvalue weighted by molar-refractivity contribution is 8.57. The minimum absolute atomic E-state index is 0.307. The molecule has 1 atom stereocenters. The molecule has 0 heterocycles. The maximum absolute atomic E-state index is 13.4. The normalized spacial score (nSPS) is 14.4. The van der Waals surface area contributed by atoms with E-state index in [-0.39, 0.29) is 0 Å². The van der Waals surface area contributed by atoms with Crippen LogP contribution in [0.15, 0.2) is 41.3 Å². The zero-order valence-corrected chi connectivity index (χ0v) is 15.7. The van der Waals surface area contributed by atoms with Gasteiger partial charge in [-0.25, -0.2) is 14.0 Å². The molecule has 0 bridgehead atoms. The summed E-state index contributed by atoms with van der Waals surface area (Å²) in [6.07, 6.45) is 1.35. The molecule has 128 valence electrons. The van der Waals surface area contributed by atoms with Crippen molar-refractivity contribution in [2.24, 2.45) is 0 Å². The van der Waals surface area contributed by atoms with Crippen molar-refractivity contribution in [3.63, 3.8) is 0 Å². The van der Waals surface area contributed by atoms with Crippen molar-refractivity contribution in [2.45, 2.75) is 27.7 Å². The number of rotatable bonds is 9. The summed E-state index contributed by atoms with van der Waals surface area (Å²) < 4.78 is 25.8. The fourth-order valence-electron chi connectivity index (χ4n) is 1.88. The van der Waals surface area contributed by atoms with Gasteiger partial charge in [-0.1, -0.05) is 32.0 Å². The third-order valence-electron chi connectivity index (χ3n) is 2.91. The number of allylic oxidation sites excluding steroid dienone is 1. The molecule has 0 amide bonds. The molecule has 1 aromatic carbocycles. The SMILES string of the molecule is CCOC(=O)/C=C(\C)SP(=O)(Oc1ccccc1)N(CC)CC. The summed E-state index contributed by atoms with van der Waals surface area (Å²) in [5.74, 6) is 0.0995. The summed E-state index contributed by atoms with van der Waals surface area (Å²) in [5, 5.41) is 0. The third-order valence-corrected chi connectivity index (χ3v) is 7.72. The maximum Gasteiger partial charge on any atom is 0.381 e. The highest BCUT2D eigenvalue weighted by Crippen LogP contribution is 2.64. The fourth-order valence-corrected chi connectivity index (χ4v) is 6.40. The Labute approximate surface area is 142 Å². The molecule has 0 saturated heterocycles. The Morgan fingerprint density at radius 3 is 2.35 bits per heavy atom. The molecule has 1 rings (SSSR count). The largest absolute Gasteiger partial charge is 0.463 e. The van der Waals surface area contributed by atoms with Crippen molar-refractivity contribution in [3.05, 3.63) is 41.3 Å². The first-order valence-corrected chi connectivity index (χ1v) is 10.6. The van der Waals surface area contributed by atoms with Crippen LogP contribution < -0.4 is 4.52 Å². The quantitative estimate of drug-likeness (QED) is 0.362. The number of nitrogens with zero attached hydrogens (tertiary/aromatic N) is 1. The van der Waals surface area contributed by atoms with Gasteiger partial charge in [-0.2, -0.15) is 0 Å². The van der Waals surface area contributed by atoms with E-state index in [1.165, 1.54) is 6.08 Å². The van der Waals surface area contributed by atoms with Gasteiger partial charge >= 0.3 is 12.7 Å². The van der Waals surface area contributed by atoms with E-state index in [4.69, 9.17) is 9.26 Å². The Hall–Kier alpha value is -1.23. The Balaban J connectivity index is 3.00. The first kappa shape index (κ1) is 19.8. The van der Waals surface area contributed by atoms with Crippen LogP contribution in [0.5, 0.6) is 5.75 Å². The average Bonchev–Trinajstić information content (AvgIpc) is 2.48. The van der Waals surface area contributed by atoms with E-state index in [0.717, 1.165) is 11.4 Å². The van der Waals surface area contributed by atoms with Gasteiger partial charge in [-0.3, -0.25) is 0 Å². The average molecular weight is 357 g/mol. The summed E-state index contributed by atoms with van der Waals surface area (Å²) in [6.45, 7) is 5.59. The number of hydrogen-bond acceptors (Lipinski definition) is 5. The van der Waals surface area contributed by atoms with Gasteiger partial charge in [0.1, 0.15) is 5.75 Å². The molecule has 5 nitrogen and oxygen atoms in total. The zero-order valence-electron chi connectivity index (χ0n) is 14.0. The fraction of sp³-hybridized carbons (Fsp3) is 0.438. The van der Waals surface area contributed by atoms with Gasteiger partial charge in [-0.15, -0.1) is 0 Å². The molecule has 0 aliphatic rings. The highest BCUT2D eigenvalue weighted by atomic mass is 32.7. The molecule has 0 N–H and O–H groups in total. The van der Waals surface area contributed by atoms with Crippen LogP contribution >= 0.6 is 18.1 Å². The second kappa shape index (κ2) is 9.81. The van der Waals surface area contributed by atoms with Crippen LogP contribution in [0.1, 0.15) is 27.7 Å². The monoisotopic (exact) mass is 357 g/mol. The molecule has 7 heteroatoms. The Kier molecular flexibility index (Phi) is 8.45. The topological polar surface area (TPSA) is 55.8 Å². The lowest BCUT2D eigenvalue weighted by molar-refractivity contribution is -0.137. The van der Waals surface area contributed by atoms with E-state index in [0.29, 0.717) is 30.4 Å². The number of carbonyl (C=O) groups excluding carboxylic acids is 1. The van der Waals surface area contributed by atoms with Gasteiger partial charge in [0.05, 0.1) is 6.61 Å². The molecule has 0 radical (unpaired) electrons. The van der Waals surface area contributed by atoms with E-state index in [1.54, 1.807) is 30.7 Å². The van der Waals surface area contributed by atoms with Crippen molar-refractivity contribution in [1.29, 1.82) is 0 Å². The Bertz CT molecular complexity index is 573. The van der Waals surface area contributed by atoms with E-state index >= 15 is 0 Å². The molecule has 0 saturated carbocycles. The summed E-state index contributed by atoms with van der Waals surface area (Å²) in [4.78, 5) is 12.1. The Morgan fingerprint density at radius 1 is 1.22 bits per heavy atom. The van der Waals surface area contributed by atoms with Gasteiger partial charge in [0.2, 0.25) is 0 Å². The summed E-state index contributed by atoms with van der Waals surface area (Å²) in [6, 6.07) is 9.05. The smallest absolute Gasteiger partial charge is 0.381 e. The van der Waals surface area contributed by atoms with E-state index < -0.39 is 12.7 Å². The lowest BCUT2D eigenvalue weighted by Gasteiger charge is -2.28. The van der Waals surface area contributed by atoms with E-state index in [9.17, 15) is 9.36 Å². The van der Waals surface area contributed by atoms with Crippen molar-refractivity contribution >= 4 is 24.1 Å². The first-order chi connectivity index (χ1) is 10.9. The molecular formula is C16H24NO4PS. The molecule has 0 aliphatic heterocycles. The second-order valence-electron chi connectivity index (χ2n) is 4.61. The Morgan fingerprint density at radius 2 is 1.83 bits per heavy atom. The van der Waals surface area contributed by atoms with Crippen LogP contribution in [0.4, 0.5) is 0 Å². The van der Waals surface area contributed by atoms with Crippen LogP contribution in [0.3, 0.4) is 0 Å². The minimum atomic E-state index is -3.21. The molecular weight excluding hydrogens is 333 g/mol. The standard InChI is InChI=1S/C16H24NO4PS/c1-5-17(6-2)22(19,21-15-11-9-8-10-12-15)23-14(4)13-16(18)20-7-3/h8-13H,5-7H2,1-4H3/b14-13+. The number of benzene rings is 1. The lowest BCUT2D eigenvalue weighted by Crippen LogP contribution is -2.21. The number of carbonyl (C=O) groups is 1. The van der Waals surface area contributed by atoms with Crippen molar-refractivity contribution in [2.75, 3.05) is 19.7 Å². The third kappa shape index (κ3) is 6.42. The van der Waals surface area contributed by atoms with Gasteiger partial charge < -0.3 is 9.26 Å². The number of esters is 1. The number of hydrogen-bond donors (Lipinski definition) is 0. The number of ether oxygens (including phenoxy) is 1. The molecule has 0 aliphatic carbocycles. The van der Waals surface area contributed by atoms with Crippen LogP contribution in [-0.4, -0.2) is 30.3 Å². The van der Waals surface area contributed by atoms with Gasteiger partial charge in [-0.05, 0) is 37.4 Å². The predicted molar refractivity (Wildman–Crippen MR) is 95.6 cm³/mol. The first-order valence-electron chi connectivity index (χ1n) is 7.59. The van der Waals surface area contributed by atoms with Gasteiger partial charge in [0, 0.05) is 24.1 Å². The summed E-state index contributed by atoms with van der Waals surface area (Å²) in [7, 11) is 0.